The Kier molecular flexibility index (Phi) is 8.77. The highest BCUT2D eigenvalue weighted by molar-refractivity contribution is 5.85. The van der Waals surface area contributed by atoms with Crippen molar-refractivity contribution < 1.29 is 4.79 Å². The van der Waals surface area contributed by atoms with Gasteiger partial charge in [-0.3, -0.25) is 14.2 Å². The molecule has 0 aliphatic carbocycles. The zero-order chi connectivity index (χ0) is 14.5. The minimum absolute atomic E-state index is 0. The van der Waals surface area contributed by atoms with Crippen LogP contribution in [0.1, 0.15) is 11.6 Å². The van der Waals surface area contributed by atoms with Gasteiger partial charge in [0.15, 0.2) is 0 Å². The van der Waals surface area contributed by atoms with E-state index in [1.165, 1.54) is 0 Å². The van der Waals surface area contributed by atoms with Crippen LogP contribution in [0.3, 0.4) is 0 Å². The molecule has 1 atom stereocenters. The van der Waals surface area contributed by atoms with Crippen molar-refractivity contribution in [1.82, 2.24) is 29.8 Å². The Bertz CT molecular complexity index is 557. The number of rotatable bonds is 6. The Morgan fingerprint density at radius 2 is 2.14 bits per heavy atom. The molecule has 9 heteroatoms. The zero-order valence-electron chi connectivity index (χ0n) is 12.8. The minimum Gasteiger partial charge on any atom is -0.342 e. The SMILES string of the molecule is CNC(C(=O)N(C)CCn1cccn1)c1cnn(C)c1.Cl.Cl. The summed E-state index contributed by atoms with van der Waals surface area (Å²) >= 11 is 0. The van der Waals surface area contributed by atoms with Gasteiger partial charge in [0.1, 0.15) is 6.04 Å². The summed E-state index contributed by atoms with van der Waals surface area (Å²) in [6.45, 7) is 1.29. The van der Waals surface area contributed by atoms with E-state index in [2.05, 4.69) is 15.5 Å². The number of aryl methyl sites for hydroxylation is 1. The van der Waals surface area contributed by atoms with Crippen molar-refractivity contribution in [1.29, 1.82) is 0 Å². The summed E-state index contributed by atoms with van der Waals surface area (Å²) < 4.78 is 3.50. The summed E-state index contributed by atoms with van der Waals surface area (Å²) in [5, 5.41) is 11.3. The third kappa shape index (κ3) is 5.01. The predicted molar refractivity (Wildman–Crippen MR) is 89.4 cm³/mol. The van der Waals surface area contributed by atoms with Gasteiger partial charge in [0, 0.05) is 44.8 Å². The third-order valence-corrected chi connectivity index (χ3v) is 3.19. The maximum Gasteiger partial charge on any atom is 0.244 e. The van der Waals surface area contributed by atoms with Gasteiger partial charge in [-0.15, -0.1) is 24.8 Å². The summed E-state index contributed by atoms with van der Waals surface area (Å²) in [7, 11) is 5.41. The standard InChI is InChI=1S/C13H20N6O.2ClH/c1-14-12(11-9-16-18(3)10-11)13(20)17(2)7-8-19-6-4-5-15-19;;/h4-6,9-10,12,14H,7-8H2,1-3H3;2*1H. The molecular weight excluding hydrogens is 327 g/mol. The van der Waals surface area contributed by atoms with Crippen LogP contribution in [-0.4, -0.2) is 51.0 Å². The quantitative estimate of drug-likeness (QED) is 0.841. The highest BCUT2D eigenvalue weighted by Gasteiger charge is 2.23. The number of nitrogens with one attached hydrogen (secondary N) is 1. The Morgan fingerprint density at radius 1 is 1.41 bits per heavy atom. The molecule has 7 nitrogen and oxygen atoms in total. The van der Waals surface area contributed by atoms with Crippen LogP contribution in [0.2, 0.25) is 0 Å². The number of hydrogen-bond acceptors (Lipinski definition) is 4. The molecular formula is C13H22Cl2N6O. The number of carbonyl (C=O) groups excluding carboxylic acids is 1. The van der Waals surface area contributed by atoms with Gasteiger partial charge in [-0.05, 0) is 13.1 Å². The van der Waals surface area contributed by atoms with E-state index < -0.39 is 0 Å². The number of likely N-dealkylation sites (N-methyl/N-ethyl adjacent to an activating group) is 2. The number of halogens is 2. The molecule has 1 unspecified atom stereocenters. The lowest BCUT2D eigenvalue weighted by molar-refractivity contribution is -0.132. The number of hydrogen-bond donors (Lipinski definition) is 1. The average molecular weight is 349 g/mol. The lowest BCUT2D eigenvalue weighted by Crippen LogP contribution is -2.38. The van der Waals surface area contributed by atoms with E-state index in [1.54, 1.807) is 36.1 Å². The van der Waals surface area contributed by atoms with Crippen LogP contribution in [0.4, 0.5) is 0 Å². The van der Waals surface area contributed by atoms with Crippen molar-refractivity contribution in [2.75, 3.05) is 20.6 Å². The van der Waals surface area contributed by atoms with Crippen LogP contribution in [-0.2, 0) is 18.4 Å². The molecule has 2 heterocycles. The molecule has 1 amide bonds. The fourth-order valence-corrected chi connectivity index (χ4v) is 2.04. The molecule has 0 fully saturated rings. The molecule has 124 valence electrons. The van der Waals surface area contributed by atoms with Gasteiger partial charge in [-0.2, -0.15) is 10.2 Å². The number of aromatic nitrogens is 4. The highest BCUT2D eigenvalue weighted by Crippen LogP contribution is 2.13. The van der Waals surface area contributed by atoms with Crippen LogP contribution in [0.15, 0.2) is 30.9 Å². The van der Waals surface area contributed by atoms with Crippen LogP contribution in [0, 0.1) is 0 Å². The second kappa shape index (κ2) is 9.45. The number of carbonyl (C=O) groups is 1. The van der Waals surface area contributed by atoms with Crippen LogP contribution >= 0.6 is 24.8 Å². The first-order valence-electron chi connectivity index (χ1n) is 6.50. The molecule has 1 N–H and O–H groups in total. The molecule has 2 aromatic rings. The van der Waals surface area contributed by atoms with E-state index in [9.17, 15) is 4.79 Å². The van der Waals surface area contributed by atoms with Gasteiger partial charge < -0.3 is 10.2 Å². The normalized spacial score (nSPS) is 11.2. The van der Waals surface area contributed by atoms with Crippen molar-refractivity contribution >= 4 is 30.7 Å². The lowest BCUT2D eigenvalue weighted by Gasteiger charge is -2.22. The molecule has 0 aromatic carbocycles. The van der Waals surface area contributed by atoms with Gasteiger partial charge in [0.05, 0.1) is 12.7 Å². The van der Waals surface area contributed by atoms with Crippen molar-refractivity contribution in [3.8, 4) is 0 Å². The molecule has 0 saturated heterocycles. The topological polar surface area (TPSA) is 68.0 Å². The summed E-state index contributed by atoms with van der Waals surface area (Å²) in [6.07, 6.45) is 7.17. The molecule has 0 aliphatic heterocycles. The summed E-state index contributed by atoms with van der Waals surface area (Å²) in [4.78, 5) is 14.1. The second-order valence-corrected chi connectivity index (χ2v) is 4.70. The Labute approximate surface area is 142 Å². The van der Waals surface area contributed by atoms with Crippen molar-refractivity contribution in [2.24, 2.45) is 7.05 Å². The van der Waals surface area contributed by atoms with Crippen molar-refractivity contribution in [3.05, 3.63) is 36.4 Å². The summed E-state index contributed by atoms with van der Waals surface area (Å²) in [6, 6.07) is 1.50. The largest absolute Gasteiger partial charge is 0.342 e. The molecule has 0 aliphatic rings. The lowest BCUT2D eigenvalue weighted by atomic mass is 10.1. The van der Waals surface area contributed by atoms with Crippen molar-refractivity contribution in [2.45, 2.75) is 12.6 Å². The smallest absolute Gasteiger partial charge is 0.244 e. The maximum absolute atomic E-state index is 12.4. The van der Waals surface area contributed by atoms with Gasteiger partial charge in [-0.1, -0.05) is 0 Å². The molecule has 0 spiro atoms. The second-order valence-electron chi connectivity index (χ2n) is 4.70. The Hall–Kier alpha value is -1.57. The monoisotopic (exact) mass is 348 g/mol. The zero-order valence-corrected chi connectivity index (χ0v) is 14.5. The first kappa shape index (κ1) is 20.4. The van der Waals surface area contributed by atoms with E-state index in [-0.39, 0.29) is 36.8 Å². The van der Waals surface area contributed by atoms with Crippen LogP contribution in [0.25, 0.3) is 0 Å². The van der Waals surface area contributed by atoms with Gasteiger partial charge >= 0.3 is 0 Å². The fraction of sp³-hybridized carbons (Fsp3) is 0.462. The first-order chi connectivity index (χ1) is 9.61. The maximum atomic E-state index is 12.4. The van der Waals surface area contributed by atoms with Gasteiger partial charge in [-0.25, -0.2) is 0 Å². The average Bonchev–Trinajstić information content (AvgIpc) is 3.08. The summed E-state index contributed by atoms with van der Waals surface area (Å²) in [5.74, 6) is 0.0210. The first-order valence-corrected chi connectivity index (χ1v) is 6.50. The number of amides is 1. The van der Waals surface area contributed by atoms with E-state index in [0.717, 1.165) is 5.56 Å². The van der Waals surface area contributed by atoms with Gasteiger partial charge in [0.25, 0.3) is 0 Å². The molecule has 2 rings (SSSR count). The predicted octanol–water partition coefficient (Wildman–Crippen LogP) is 0.879. The van der Waals surface area contributed by atoms with Crippen LogP contribution in [0.5, 0.6) is 0 Å². The van der Waals surface area contributed by atoms with E-state index in [4.69, 9.17) is 0 Å². The third-order valence-electron chi connectivity index (χ3n) is 3.19. The Balaban J connectivity index is 0.00000220. The van der Waals surface area contributed by atoms with Crippen molar-refractivity contribution in [3.63, 3.8) is 0 Å². The van der Waals surface area contributed by atoms with Crippen LogP contribution < -0.4 is 5.32 Å². The molecule has 0 saturated carbocycles. The highest BCUT2D eigenvalue weighted by atomic mass is 35.5. The molecule has 22 heavy (non-hydrogen) atoms. The number of nitrogens with zero attached hydrogens (tertiary/aromatic N) is 5. The fourth-order valence-electron chi connectivity index (χ4n) is 2.04. The summed E-state index contributed by atoms with van der Waals surface area (Å²) in [5.41, 5.74) is 0.867. The van der Waals surface area contributed by atoms with E-state index in [1.807, 2.05) is 30.2 Å². The van der Waals surface area contributed by atoms with Gasteiger partial charge in [0.2, 0.25) is 5.91 Å². The molecule has 2 aromatic heterocycles. The molecule has 0 bridgehead atoms. The Morgan fingerprint density at radius 3 is 2.64 bits per heavy atom. The van der Waals surface area contributed by atoms with E-state index >= 15 is 0 Å². The molecule has 0 radical (unpaired) electrons. The van der Waals surface area contributed by atoms with E-state index in [0.29, 0.717) is 13.1 Å². The minimum atomic E-state index is -0.369.